The molecule has 0 spiro atoms. The second-order valence-electron chi connectivity index (χ2n) is 6.07. The lowest BCUT2D eigenvalue weighted by molar-refractivity contribution is 0.0821. The third-order valence-corrected chi connectivity index (χ3v) is 4.64. The van der Waals surface area contributed by atoms with Gasteiger partial charge in [0, 0.05) is 19.0 Å². The maximum absolute atomic E-state index is 15.6. The van der Waals surface area contributed by atoms with Crippen LogP contribution in [0.1, 0.15) is 34.5 Å². The van der Waals surface area contributed by atoms with Gasteiger partial charge in [0.25, 0.3) is 12.3 Å². The number of nitrogens with zero attached hydrogens (tertiary/aromatic N) is 2. The molecule has 1 heterocycles. The zero-order valence-electron chi connectivity index (χ0n) is 14.3. The minimum absolute atomic E-state index is 0.0163. The van der Waals surface area contributed by atoms with E-state index in [9.17, 15) is 22.4 Å². The van der Waals surface area contributed by atoms with E-state index in [2.05, 4.69) is 5.10 Å². The second kappa shape index (κ2) is 7.38. The number of alkyl halides is 3. The van der Waals surface area contributed by atoms with Crippen molar-refractivity contribution in [2.75, 3.05) is 0 Å². The molecule has 0 saturated carbocycles. The van der Waals surface area contributed by atoms with Gasteiger partial charge in [0.15, 0.2) is 11.6 Å². The lowest BCUT2D eigenvalue weighted by atomic mass is 9.89. The summed E-state index contributed by atoms with van der Waals surface area (Å²) in [5, 5.41) is 5.12. The topological polar surface area (TPSA) is 46.9 Å². The molecule has 148 valence electrons. The van der Waals surface area contributed by atoms with Crippen LogP contribution >= 0.6 is 11.6 Å². The minimum Gasteiger partial charge on any atom is -0.316 e. The average Bonchev–Trinajstić information content (AvgIpc) is 2.93. The molecule has 0 saturated heterocycles. The summed E-state index contributed by atoms with van der Waals surface area (Å²) in [5.74, 6) is -6.08. The highest BCUT2D eigenvalue weighted by atomic mass is 35.5. The molecule has 10 heteroatoms. The summed E-state index contributed by atoms with van der Waals surface area (Å²) in [4.78, 5) is 12.6. The molecule has 0 bridgehead atoms. The molecule has 2 aromatic rings. The maximum atomic E-state index is 15.6. The quantitative estimate of drug-likeness (QED) is 0.577. The van der Waals surface area contributed by atoms with E-state index in [1.807, 2.05) is 5.32 Å². The van der Waals surface area contributed by atoms with E-state index >= 15 is 4.39 Å². The third-order valence-electron chi connectivity index (χ3n) is 4.21. The van der Waals surface area contributed by atoms with Crippen molar-refractivity contribution in [2.45, 2.75) is 18.6 Å². The molecule has 4 nitrogen and oxygen atoms in total. The summed E-state index contributed by atoms with van der Waals surface area (Å²) in [6, 6.07) is 2.74. The Morgan fingerprint density at radius 3 is 2.68 bits per heavy atom. The average molecular weight is 418 g/mol. The molecule has 28 heavy (non-hydrogen) atoms. The van der Waals surface area contributed by atoms with Crippen molar-refractivity contribution in [1.29, 1.82) is 0 Å². The molecular weight excluding hydrogens is 405 g/mol. The molecule has 1 amide bonds. The third kappa shape index (κ3) is 3.54. The fourth-order valence-electron chi connectivity index (χ4n) is 2.87. The molecule has 0 aliphatic heterocycles. The van der Waals surface area contributed by atoms with E-state index in [-0.39, 0.29) is 22.7 Å². The molecule has 1 unspecified atom stereocenters. The lowest BCUT2D eigenvalue weighted by Gasteiger charge is -2.30. The number of amides is 1. The van der Waals surface area contributed by atoms with Crippen LogP contribution in [-0.4, -0.2) is 21.5 Å². The number of allylic oxidation sites excluding steroid dienone is 2. The van der Waals surface area contributed by atoms with Crippen molar-refractivity contribution < 1.29 is 26.7 Å². The van der Waals surface area contributed by atoms with Gasteiger partial charge in [0.1, 0.15) is 16.4 Å². The Kier molecular flexibility index (Phi) is 5.29. The number of halogens is 6. The van der Waals surface area contributed by atoms with Crippen LogP contribution in [0.25, 0.3) is 5.57 Å². The van der Waals surface area contributed by atoms with E-state index in [1.165, 1.54) is 25.3 Å². The number of nitrogens with one attached hydrogen (secondary N) is 1. The maximum Gasteiger partial charge on any atom is 0.283 e. The first kappa shape index (κ1) is 20.1. The summed E-state index contributed by atoms with van der Waals surface area (Å²) in [5.41, 5.74) is -1.73. The van der Waals surface area contributed by atoms with Gasteiger partial charge in [-0.1, -0.05) is 35.9 Å². The Morgan fingerprint density at radius 1 is 1.32 bits per heavy atom. The zero-order valence-corrected chi connectivity index (χ0v) is 15.1. The van der Waals surface area contributed by atoms with Crippen molar-refractivity contribution in [3.8, 4) is 0 Å². The number of carbonyl (C=O) groups is 1. The molecule has 0 radical (unpaired) electrons. The highest BCUT2D eigenvalue weighted by Gasteiger charge is 2.39. The van der Waals surface area contributed by atoms with Gasteiger partial charge in [0.2, 0.25) is 5.79 Å². The van der Waals surface area contributed by atoms with E-state index in [0.717, 1.165) is 22.9 Å². The van der Waals surface area contributed by atoms with E-state index in [1.54, 1.807) is 0 Å². The summed E-state index contributed by atoms with van der Waals surface area (Å²) in [7, 11) is 1.26. The van der Waals surface area contributed by atoms with Gasteiger partial charge in [-0.15, -0.1) is 0 Å². The molecule has 1 aromatic carbocycles. The monoisotopic (exact) mass is 417 g/mol. The van der Waals surface area contributed by atoms with E-state index in [4.69, 9.17) is 11.6 Å². The summed E-state index contributed by atoms with van der Waals surface area (Å²) < 4.78 is 69.6. The molecule has 1 atom stereocenters. The first-order valence-corrected chi connectivity index (χ1v) is 8.36. The van der Waals surface area contributed by atoms with Gasteiger partial charge in [-0.3, -0.25) is 9.48 Å². The fraction of sp³-hybridized carbons (Fsp3) is 0.222. The molecule has 1 aromatic heterocycles. The van der Waals surface area contributed by atoms with Gasteiger partial charge in [0.05, 0.1) is 0 Å². The molecule has 1 N–H and O–H groups in total. The van der Waals surface area contributed by atoms with Crippen LogP contribution in [0.2, 0.25) is 5.15 Å². The van der Waals surface area contributed by atoms with Gasteiger partial charge in [-0.25, -0.2) is 22.0 Å². The van der Waals surface area contributed by atoms with E-state index < -0.39 is 41.0 Å². The molecule has 1 aliphatic carbocycles. The number of hydrogen-bond donors (Lipinski definition) is 1. The minimum atomic E-state index is -3.11. The standard InChI is InChI=1S/C18H13ClF5N3O/c1-27-15(19)13(14(26-27)16(22)23)17(28)25-18(24)7-3-2-4-10(18)9-5-6-11(20)12(21)8-9/h2-6,8,16H,7H2,1H3,(H,25,28). The highest BCUT2D eigenvalue weighted by molar-refractivity contribution is 6.33. The first-order chi connectivity index (χ1) is 13.1. The Balaban J connectivity index is 1.98. The number of hydrogen-bond acceptors (Lipinski definition) is 2. The van der Waals surface area contributed by atoms with Gasteiger partial charge < -0.3 is 5.32 Å². The van der Waals surface area contributed by atoms with Crippen LogP contribution < -0.4 is 5.32 Å². The molecule has 3 rings (SSSR count). The van der Waals surface area contributed by atoms with Crippen molar-refractivity contribution in [3.63, 3.8) is 0 Å². The van der Waals surface area contributed by atoms with Crippen molar-refractivity contribution >= 4 is 23.1 Å². The number of rotatable bonds is 4. The van der Waals surface area contributed by atoms with Crippen LogP contribution in [0.15, 0.2) is 36.4 Å². The zero-order chi connectivity index (χ0) is 20.6. The number of aryl methyl sites for hydroxylation is 1. The fourth-order valence-corrected chi connectivity index (χ4v) is 3.09. The van der Waals surface area contributed by atoms with E-state index in [0.29, 0.717) is 0 Å². The molecule has 0 fully saturated rings. The Hall–Kier alpha value is -2.68. The molecule has 1 aliphatic rings. The Bertz CT molecular complexity index is 1000. The summed E-state index contributed by atoms with van der Waals surface area (Å²) in [6.07, 6.45) is 0.674. The lowest BCUT2D eigenvalue weighted by Crippen LogP contribution is -2.46. The smallest absolute Gasteiger partial charge is 0.283 e. The largest absolute Gasteiger partial charge is 0.316 e. The van der Waals surface area contributed by atoms with Gasteiger partial charge in [-0.2, -0.15) is 5.10 Å². The normalized spacial score (nSPS) is 19.1. The van der Waals surface area contributed by atoms with Gasteiger partial charge in [-0.05, 0) is 17.7 Å². The Morgan fingerprint density at radius 2 is 2.04 bits per heavy atom. The van der Waals surface area contributed by atoms with Crippen molar-refractivity contribution in [3.05, 3.63) is 70.0 Å². The number of aromatic nitrogens is 2. The number of carbonyl (C=O) groups excluding carboxylic acids is 1. The van der Waals surface area contributed by atoms with Crippen molar-refractivity contribution in [2.24, 2.45) is 7.05 Å². The summed E-state index contributed by atoms with van der Waals surface area (Å²) in [6.45, 7) is 0. The van der Waals surface area contributed by atoms with Crippen molar-refractivity contribution in [1.82, 2.24) is 15.1 Å². The van der Waals surface area contributed by atoms with Crippen LogP contribution in [0.3, 0.4) is 0 Å². The predicted molar refractivity (Wildman–Crippen MR) is 92.6 cm³/mol. The second-order valence-corrected chi connectivity index (χ2v) is 6.43. The SMILES string of the molecule is Cn1nc(C(F)F)c(C(=O)NC2(F)CC=CC=C2c2ccc(F)c(F)c2)c1Cl. The van der Waals surface area contributed by atoms with Crippen LogP contribution in [0.5, 0.6) is 0 Å². The predicted octanol–water partition coefficient (Wildman–Crippen LogP) is 4.73. The Labute approximate surface area is 161 Å². The molecular formula is C18H13ClF5N3O. The van der Waals surface area contributed by atoms with Crippen LogP contribution in [0, 0.1) is 11.6 Å². The van der Waals surface area contributed by atoms with Crippen LogP contribution in [-0.2, 0) is 7.05 Å². The van der Waals surface area contributed by atoms with Crippen LogP contribution in [0.4, 0.5) is 22.0 Å². The van der Waals surface area contributed by atoms with Gasteiger partial charge >= 0.3 is 0 Å². The number of benzene rings is 1. The highest BCUT2D eigenvalue weighted by Crippen LogP contribution is 2.36. The first-order valence-electron chi connectivity index (χ1n) is 7.98. The summed E-state index contributed by atoms with van der Waals surface area (Å²) >= 11 is 5.87.